The van der Waals surface area contributed by atoms with Gasteiger partial charge >= 0.3 is 6.09 Å². The number of aryl methyl sites for hydroxylation is 2. The number of piperazine rings is 1. The largest absolute Gasteiger partial charge is 0.453 e. The highest BCUT2D eigenvalue weighted by Crippen LogP contribution is 2.36. The van der Waals surface area contributed by atoms with Gasteiger partial charge in [-0.2, -0.15) is 5.10 Å². The summed E-state index contributed by atoms with van der Waals surface area (Å²) in [5.41, 5.74) is 2.80. The molecule has 38 heavy (non-hydrogen) atoms. The topological polar surface area (TPSA) is 118 Å². The highest BCUT2D eigenvalue weighted by atomic mass is 35.5. The van der Waals surface area contributed by atoms with Crippen LogP contribution in [0.4, 0.5) is 10.5 Å². The number of hydrogen-bond donors (Lipinski definition) is 1. The molecule has 0 saturated carbocycles. The van der Waals surface area contributed by atoms with E-state index in [0.29, 0.717) is 52.3 Å². The molecule has 0 spiro atoms. The molecule has 4 heterocycles. The zero-order valence-electron chi connectivity index (χ0n) is 21.8. The molecular weight excluding hydrogens is 510 g/mol. The number of benzene rings is 1. The standard InChI is InChI=1S/C26H28ClN7O4/c1-15-18(13-32(5)31-15)23-29-21-22(19(27)12-28-24(21)30-23)37-17-8-6-16(7-9-17)34-11-10-33(14-20(34)35)25(36)38-26(2,3)4/h6-9,12-13H,10-11,14H2,1-5H3,(H,28,29,30). The Morgan fingerprint density at radius 1 is 1.16 bits per heavy atom. The molecule has 1 fully saturated rings. The van der Waals surface area contributed by atoms with E-state index in [1.165, 1.54) is 11.1 Å². The van der Waals surface area contributed by atoms with Gasteiger partial charge in [0.2, 0.25) is 5.91 Å². The van der Waals surface area contributed by atoms with Crippen molar-refractivity contribution in [2.45, 2.75) is 33.3 Å². The van der Waals surface area contributed by atoms with Crippen LogP contribution in [0.15, 0.2) is 36.7 Å². The second kappa shape index (κ2) is 9.64. The van der Waals surface area contributed by atoms with Crippen molar-refractivity contribution in [3.63, 3.8) is 0 Å². The van der Waals surface area contributed by atoms with Gasteiger partial charge in [-0.3, -0.25) is 14.4 Å². The Hall–Kier alpha value is -4.12. The maximum Gasteiger partial charge on any atom is 0.410 e. The van der Waals surface area contributed by atoms with E-state index < -0.39 is 11.7 Å². The molecule has 12 heteroatoms. The monoisotopic (exact) mass is 537 g/mol. The fraction of sp³-hybridized carbons (Fsp3) is 0.346. The first-order chi connectivity index (χ1) is 18.0. The SMILES string of the molecule is Cc1nn(C)cc1-c1nc2ncc(Cl)c(Oc3ccc(N4CCN(C(=O)OC(C)(C)C)CC4=O)cc3)c2[nH]1. The zero-order valence-corrected chi connectivity index (χ0v) is 22.5. The molecule has 0 atom stereocenters. The number of imidazole rings is 1. The number of fused-ring (bicyclic) bond motifs is 1. The number of pyridine rings is 1. The predicted molar refractivity (Wildman–Crippen MR) is 143 cm³/mol. The Bertz CT molecular complexity index is 1520. The van der Waals surface area contributed by atoms with Crippen LogP contribution in [0, 0.1) is 6.92 Å². The predicted octanol–water partition coefficient (Wildman–Crippen LogP) is 4.70. The van der Waals surface area contributed by atoms with Gasteiger partial charge in [0.15, 0.2) is 11.4 Å². The average Bonchev–Trinajstić information content (AvgIpc) is 3.42. The number of H-pyrrole nitrogens is 1. The Labute approximate surface area is 224 Å². The van der Waals surface area contributed by atoms with Gasteiger partial charge in [0.05, 0.1) is 17.5 Å². The van der Waals surface area contributed by atoms with Gasteiger partial charge in [-0.15, -0.1) is 0 Å². The van der Waals surface area contributed by atoms with Crippen molar-refractivity contribution in [3.8, 4) is 22.9 Å². The van der Waals surface area contributed by atoms with Gasteiger partial charge in [0.25, 0.3) is 0 Å². The van der Waals surface area contributed by atoms with Crippen LogP contribution in [-0.2, 0) is 16.6 Å². The van der Waals surface area contributed by atoms with Gasteiger partial charge in [-0.25, -0.2) is 14.8 Å². The van der Waals surface area contributed by atoms with Crippen LogP contribution in [0.1, 0.15) is 26.5 Å². The number of anilines is 1. The second-order valence-corrected chi connectivity index (χ2v) is 10.5. The molecule has 3 aromatic heterocycles. The lowest BCUT2D eigenvalue weighted by atomic mass is 10.2. The van der Waals surface area contributed by atoms with Crippen molar-refractivity contribution >= 4 is 40.5 Å². The minimum Gasteiger partial charge on any atom is -0.453 e. The third kappa shape index (κ3) is 5.14. The number of aromatic nitrogens is 5. The highest BCUT2D eigenvalue weighted by molar-refractivity contribution is 6.32. The minimum absolute atomic E-state index is 0.0453. The van der Waals surface area contributed by atoms with Crippen molar-refractivity contribution in [3.05, 3.63) is 47.4 Å². The molecule has 4 aromatic rings. The number of nitrogens with one attached hydrogen (secondary N) is 1. The number of halogens is 1. The lowest BCUT2D eigenvalue weighted by molar-refractivity contribution is -0.121. The van der Waals surface area contributed by atoms with Crippen LogP contribution in [0.3, 0.4) is 0 Å². The van der Waals surface area contributed by atoms with E-state index in [4.69, 9.17) is 21.1 Å². The maximum atomic E-state index is 12.8. The molecule has 0 unspecified atom stereocenters. The van der Waals surface area contributed by atoms with Crippen molar-refractivity contribution in [1.29, 1.82) is 0 Å². The molecule has 5 rings (SSSR count). The minimum atomic E-state index is -0.619. The third-order valence-corrected chi connectivity index (χ3v) is 6.21. The van der Waals surface area contributed by atoms with E-state index >= 15 is 0 Å². The van der Waals surface area contributed by atoms with Gasteiger partial charge in [-0.1, -0.05) is 11.6 Å². The molecular formula is C26H28ClN7O4. The van der Waals surface area contributed by atoms with Crippen molar-refractivity contribution in [1.82, 2.24) is 29.6 Å². The van der Waals surface area contributed by atoms with E-state index in [2.05, 4.69) is 20.1 Å². The average molecular weight is 538 g/mol. The molecule has 1 saturated heterocycles. The molecule has 1 aromatic carbocycles. The van der Waals surface area contributed by atoms with Crippen LogP contribution in [0.25, 0.3) is 22.6 Å². The van der Waals surface area contributed by atoms with E-state index in [-0.39, 0.29) is 12.5 Å². The third-order valence-electron chi connectivity index (χ3n) is 5.94. The molecule has 1 aliphatic rings. The smallest absolute Gasteiger partial charge is 0.410 e. The van der Waals surface area contributed by atoms with E-state index in [1.807, 2.05) is 20.2 Å². The van der Waals surface area contributed by atoms with Crippen molar-refractivity contribution in [2.24, 2.45) is 7.05 Å². The van der Waals surface area contributed by atoms with Crippen LogP contribution < -0.4 is 9.64 Å². The summed E-state index contributed by atoms with van der Waals surface area (Å²) in [5.74, 6) is 1.35. The summed E-state index contributed by atoms with van der Waals surface area (Å²) in [5, 5.41) is 4.70. The van der Waals surface area contributed by atoms with Gasteiger partial charge in [0, 0.05) is 32.0 Å². The number of nitrogens with zero attached hydrogens (tertiary/aromatic N) is 6. The second-order valence-electron chi connectivity index (χ2n) is 10.1. The van der Waals surface area contributed by atoms with Crippen LogP contribution in [0.2, 0.25) is 5.02 Å². The molecule has 2 amide bonds. The van der Waals surface area contributed by atoms with Gasteiger partial charge < -0.3 is 19.4 Å². The molecule has 1 aliphatic heterocycles. The lowest BCUT2D eigenvalue weighted by Crippen LogP contribution is -2.53. The number of amides is 2. The summed E-state index contributed by atoms with van der Waals surface area (Å²) in [6, 6.07) is 7.10. The quantitative estimate of drug-likeness (QED) is 0.401. The van der Waals surface area contributed by atoms with E-state index in [1.54, 1.807) is 54.6 Å². The summed E-state index contributed by atoms with van der Waals surface area (Å²) in [6.45, 7) is 7.99. The number of carbonyl (C=O) groups is 2. The van der Waals surface area contributed by atoms with E-state index in [9.17, 15) is 9.59 Å². The number of aromatic amines is 1. The molecule has 11 nitrogen and oxygen atoms in total. The highest BCUT2D eigenvalue weighted by Gasteiger charge is 2.31. The summed E-state index contributed by atoms with van der Waals surface area (Å²) >= 11 is 6.45. The molecule has 0 radical (unpaired) electrons. The summed E-state index contributed by atoms with van der Waals surface area (Å²) < 4.78 is 13.2. The molecule has 0 aliphatic carbocycles. The molecule has 0 bridgehead atoms. The molecule has 198 valence electrons. The van der Waals surface area contributed by atoms with Gasteiger partial charge in [-0.05, 0) is 52.0 Å². The fourth-order valence-corrected chi connectivity index (χ4v) is 4.39. The number of carbonyl (C=O) groups excluding carboxylic acids is 2. The molecule has 1 N–H and O–H groups in total. The zero-order chi connectivity index (χ0) is 27.2. The van der Waals surface area contributed by atoms with Crippen LogP contribution in [0.5, 0.6) is 11.5 Å². The maximum absolute atomic E-state index is 12.8. The number of hydrogen-bond acceptors (Lipinski definition) is 7. The normalized spacial score (nSPS) is 14.3. The Balaban J connectivity index is 1.32. The first-order valence-corrected chi connectivity index (χ1v) is 12.5. The van der Waals surface area contributed by atoms with Crippen LogP contribution >= 0.6 is 11.6 Å². The van der Waals surface area contributed by atoms with Crippen molar-refractivity contribution in [2.75, 3.05) is 24.5 Å². The Kier molecular flexibility index (Phi) is 6.47. The first-order valence-electron chi connectivity index (χ1n) is 12.1. The summed E-state index contributed by atoms with van der Waals surface area (Å²) in [4.78, 5) is 40.3. The summed E-state index contributed by atoms with van der Waals surface area (Å²) in [7, 11) is 1.85. The van der Waals surface area contributed by atoms with Gasteiger partial charge in [0.1, 0.15) is 34.3 Å². The van der Waals surface area contributed by atoms with Crippen molar-refractivity contribution < 1.29 is 19.1 Å². The van der Waals surface area contributed by atoms with E-state index in [0.717, 1.165) is 11.3 Å². The lowest BCUT2D eigenvalue weighted by Gasteiger charge is -2.35. The fourth-order valence-electron chi connectivity index (χ4n) is 4.21. The summed E-state index contributed by atoms with van der Waals surface area (Å²) in [6.07, 6.45) is 2.88. The first kappa shape index (κ1) is 25.5. The Morgan fingerprint density at radius 3 is 2.53 bits per heavy atom. The van der Waals surface area contributed by atoms with Crippen LogP contribution in [-0.4, -0.2) is 66.9 Å². The number of rotatable bonds is 4. The number of ether oxygens (including phenoxy) is 2. The Morgan fingerprint density at radius 2 is 1.89 bits per heavy atom.